The first kappa shape index (κ1) is 15.5. The van der Waals surface area contributed by atoms with E-state index in [9.17, 15) is 0 Å². The number of ether oxygens (including phenoxy) is 3. The van der Waals surface area contributed by atoms with Crippen LogP contribution in [0.25, 0.3) is 0 Å². The topological polar surface area (TPSA) is 68.2 Å². The molecule has 0 rings (SSSR count). The fourth-order valence-corrected chi connectivity index (χ4v) is 0.896. The van der Waals surface area contributed by atoms with Crippen LogP contribution in [0.3, 0.4) is 0 Å². The molecule has 0 amide bonds. The summed E-state index contributed by atoms with van der Waals surface area (Å²) in [5.74, 6) is 0. The number of aliphatic hydroxyl groups is 2. The van der Waals surface area contributed by atoms with Crippen molar-refractivity contribution in [3.05, 3.63) is 0 Å². The maximum atomic E-state index is 9.04. The van der Waals surface area contributed by atoms with E-state index in [2.05, 4.69) is 25.3 Å². The van der Waals surface area contributed by atoms with Gasteiger partial charge in [-0.3, -0.25) is 0 Å². The highest BCUT2D eigenvalue weighted by atomic mass is 32.2. The molecule has 92 valence electrons. The Morgan fingerprint density at radius 3 is 1.80 bits per heavy atom. The van der Waals surface area contributed by atoms with Crippen LogP contribution >= 0.6 is 25.3 Å². The second-order valence-corrected chi connectivity index (χ2v) is 4.61. The van der Waals surface area contributed by atoms with E-state index >= 15 is 0 Å². The molecule has 5 nitrogen and oxygen atoms in total. The minimum Gasteiger partial charge on any atom is -0.394 e. The molecule has 0 fully saturated rings. The lowest BCUT2D eigenvalue weighted by Gasteiger charge is -2.14. The fraction of sp³-hybridized carbons (Fsp3) is 1.00. The predicted octanol–water partition coefficient (Wildman–Crippen LogP) is -0.466. The average molecular weight is 258 g/mol. The first-order valence-electron chi connectivity index (χ1n) is 4.57. The summed E-state index contributed by atoms with van der Waals surface area (Å²) in [5, 5.41) is 17.4. The van der Waals surface area contributed by atoms with Crippen molar-refractivity contribution in [2.45, 2.75) is 4.27 Å². The van der Waals surface area contributed by atoms with Gasteiger partial charge in [0.25, 0.3) is 0 Å². The van der Waals surface area contributed by atoms with Crippen molar-refractivity contribution in [3.8, 4) is 0 Å². The van der Waals surface area contributed by atoms with E-state index < -0.39 is 4.27 Å². The summed E-state index contributed by atoms with van der Waals surface area (Å²) in [5.41, 5.74) is 0. The maximum Gasteiger partial charge on any atom is 0.175 e. The normalized spacial score (nSPS) is 12.0. The lowest BCUT2D eigenvalue weighted by atomic mass is 10.7. The molecule has 0 radical (unpaired) electrons. The van der Waals surface area contributed by atoms with Gasteiger partial charge in [-0.25, -0.2) is 0 Å². The van der Waals surface area contributed by atoms with Crippen LogP contribution < -0.4 is 0 Å². The number of rotatable bonds is 10. The smallest absolute Gasteiger partial charge is 0.175 e. The first-order valence-corrected chi connectivity index (χ1v) is 5.47. The summed E-state index contributed by atoms with van der Waals surface area (Å²) in [6, 6.07) is 0. The van der Waals surface area contributed by atoms with Gasteiger partial charge >= 0.3 is 0 Å². The standard InChI is InChI=1S/C8H18O5S2/c9-1-2-11-3-4-12-5-6-13-7-8(10,14)15/h9-10,14-15H,1-7H2. The van der Waals surface area contributed by atoms with Gasteiger partial charge in [0, 0.05) is 0 Å². The van der Waals surface area contributed by atoms with Crippen molar-refractivity contribution in [1.29, 1.82) is 0 Å². The molecule has 0 aromatic carbocycles. The van der Waals surface area contributed by atoms with Gasteiger partial charge in [0.15, 0.2) is 4.27 Å². The summed E-state index contributed by atoms with van der Waals surface area (Å²) in [6.07, 6.45) is 0. The first-order chi connectivity index (χ1) is 7.06. The molecule has 0 spiro atoms. The van der Waals surface area contributed by atoms with Crippen LogP contribution in [0.2, 0.25) is 0 Å². The van der Waals surface area contributed by atoms with Gasteiger partial charge in [0.2, 0.25) is 0 Å². The number of hydrogen-bond donors (Lipinski definition) is 4. The zero-order chi connectivity index (χ0) is 11.6. The van der Waals surface area contributed by atoms with Crippen molar-refractivity contribution in [2.75, 3.05) is 46.2 Å². The molecular formula is C8H18O5S2. The molecule has 0 aliphatic rings. The number of aliphatic hydroxyl groups excluding tert-OH is 1. The van der Waals surface area contributed by atoms with Crippen molar-refractivity contribution < 1.29 is 24.4 Å². The van der Waals surface area contributed by atoms with Crippen LogP contribution in [0.15, 0.2) is 0 Å². The second-order valence-electron chi connectivity index (χ2n) is 2.78. The molecule has 0 saturated heterocycles. The third-order valence-corrected chi connectivity index (χ3v) is 1.53. The zero-order valence-corrected chi connectivity index (χ0v) is 10.3. The molecule has 0 saturated carbocycles. The molecule has 0 aliphatic carbocycles. The molecule has 0 heterocycles. The monoisotopic (exact) mass is 258 g/mol. The molecule has 15 heavy (non-hydrogen) atoms. The van der Waals surface area contributed by atoms with Crippen molar-refractivity contribution in [2.24, 2.45) is 0 Å². The maximum absolute atomic E-state index is 9.04. The SMILES string of the molecule is OCCOCCOCCOCC(O)(S)S. The van der Waals surface area contributed by atoms with Gasteiger partial charge in [-0.05, 0) is 0 Å². The van der Waals surface area contributed by atoms with E-state index in [1.54, 1.807) is 0 Å². The Labute approximate surface area is 101 Å². The summed E-state index contributed by atoms with van der Waals surface area (Å²) in [4.78, 5) is 0. The van der Waals surface area contributed by atoms with Crippen molar-refractivity contribution >= 4 is 25.3 Å². The highest BCUT2D eigenvalue weighted by molar-refractivity contribution is 8.00. The highest BCUT2D eigenvalue weighted by Crippen LogP contribution is 2.14. The Hall–Kier alpha value is 0.500. The average Bonchev–Trinajstić information content (AvgIpc) is 2.14. The molecule has 0 bridgehead atoms. The van der Waals surface area contributed by atoms with E-state index in [0.29, 0.717) is 33.0 Å². The molecule has 0 unspecified atom stereocenters. The van der Waals surface area contributed by atoms with Crippen molar-refractivity contribution in [1.82, 2.24) is 0 Å². The number of hydrogen-bond acceptors (Lipinski definition) is 7. The molecule has 0 atom stereocenters. The number of thiol groups is 2. The van der Waals surface area contributed by atoms with E-state index in [-0.39, 0.29) is 13.2 Å². The molecule has 0 aliphatic heterocycles. The van der Waals surface area contributed by atoms with Gasteiger partial charge in [-0.1, -0.05) is 0 Å². The van der Waals surface area contributed by atoms with Crippen LogP contribution in [0.1, 0.15) is 0 Å². The second kappa shape index (κ2) is 9.71. The molecule has 7 heteroatoms. The van der Waals surface area contributed by atoms with Crippen LogP contribution in [0.4, 0.5) is 0 Å². The Morgan fingerprint density at radius 2 is 1.33 bits per heavy atom. The largest absolute Gasteiger partial charge is 0.394 e. The quantitative estimate of drug-likeness (QED) is 0.242. The fourth-order valence-electron chi connectivity index (χ4n) is 0.713. The van der Waals surface area contributed by atoms with Crippen LogP contribution in [0, 0.1) is 0 Å². The summed E-state index contributed by atoms with van der Waals surface area (Å²) < 4.78 is 13.7. The lowest BCUT2D eigenvalue weighted by molar-refractivity contribution is -0.00408. The Kier molecular flexibility index (Phi) is 10.0. The minimum absolute atomic E-state index is 0.0194. The van der Waals surface area contributed by atoms with E-state index in [1.165, 1.54) is 0 Å². The summed E-state index contributed by atoms with van der Waals surface area (Å²) in [7, 11) is 0. The molecular weight excluding hydrogens is 240 g/mol. The highest BCUT2D eigenvalue weighted by Gasteiger charge is 2.14. The van der Waals surface area contributed by atoms with Gasteiger partial charge in [0.05, 0.1) is 46.2 Å². The van der Waals surface area contributed by atoms with Crippen LogP contribution in [-0.4, -0.2) is 60.7 Å². The Bertz CT molecular complexity index is 139. The van der Waals surface area contributed by atoms with E-state index in [4.69, 9.17) is 24.4 Å². The summed E-state index contributed by atoms with van der Waals surface area (Å²) >= 11 is 7.49. The third kappa shape index (κ3) is 14.5. The van der Waals surface area contributed by atoms with Gasteiger partial charge in [-0.15, -0.1) is 25.3 Å². The Morgan fingerprint density at radius 1 is 0.867 bits per heavy atom. The van der Waals surface area contributed by atoms with Gasteiger partial charge in [-0.2, -0.15) is 0 Å². The molecule has 2 N–H and O–H groups in total. The van der Waals surface area contributed by atoms with E-state index in [0.717, 1.165) is 0 Å². The minimum atomic E-state index is -1.40. The van der Waals surface area contributed by atoms with Crippen LogP contribution in [0.5, 0.6) is 0 Å². The molecule has 0 aromatic rings. The van der Waals surface area contributed by atoms with Crippen LogP contribution in [-0.2, 0) is 14.2 Å². The Balaban J connectivity index is 2.99. The lowest BCUT2D eigenvalue weighted by Crippen LogP contribution is -2.21. The third-order valence-electron chi connectivity index (χ3n) is 1.28. The van der Waals surface area contributed by atoms with Gasteiger partial charge in [0.1, 0.15) is 0 Å². The zero-order valence-electron chi connectivity index (χ0n) is 8.46. The van der Waals surface area contributed by atoms with Gasteiger partial charge < -0.3 is 24.4 Å². The van der Waals surface area contributed by atoms with E-state index in [1.807, 2.05) is 0 Å². The molecule has 0 aromatic heterocycles. The predicted molar refractivity (Wildman–Crippen MR) is 62.5 cm³/mol. The summed E-state index contributed by atoms with van der Waals surface area (Å²) in [6.45, 7) is 2.06. The van der Waals surface area contributed by atoms with Crippen molar-refractivity contribution in [3.63, 3.8) is 0 Å².